The summed E-state index contributed by atoms with van der Waals surface area (Å²) < 4.78 is 0. The van der Waals surface area contributed by atoms with Gasteiger partial charge in [0.1, 0.15) is 0 Å². The third kappa shape index (κ3) is 2.87. The second-order valence-electron chi connectivity index (χ2n) is 4.78. The highest BCUT2D eigenvalue weighted by Crippen LogP contribution is 2.31. The maximum absolute atomic E-state index is 12.1. The minimum Gasteiger partial charge on any atom is -0.393 e. The second kappa shape index (κ2) is 5.19. The number of thiophene rings is 1. The molecule has 0 aromatic carbocycles. The van der Waals surface area contributed by atoms with Crippen molar-refractivity contribution in [2.24, 2.45) is 0 Å². The number of nitrogens with zero attached hydrogens (tertiary/aromatic N) is 1. The first-order valence-electron chi connectivity index (χ1n) is 6.13. The summed E-state index contributed by atoms with van der Waals surface area (Å²) in [5, 5.41) is 9.21. The molecule has 0 saturated carbocycles. The fourth-order valence-electron chi connectivity index (χ4n) is 2.10. The Kier molecular flexibility index (Phi) is 3.84. The SMILES string of the molecule is CC(O)CCN(C)C(=O)c1cc2c(s1)CCC2. The van der Waals surface area contributed by atoms with Gasteiger partial charge >= 0.3 is 0 Å². The first kappa shape index (κ1) is 12.6. The molecule has 1 aliphatic carbocycles. The van der Waals surface area contributed by atoms with Gasteiger partial charge in [-0.25, -0.2) is 0 Å². The minimum absolute atomic E-state index is 0.0880. The molecule has 1 aliphatic rings. The van der Waals surface area contributed by atoms with Crippen LogP contribution < -0.4 is 0 Å². The number of fused-ring (bicyclic) bond motifs is 1. The standard InChI is InChI=1S/C13H19NO2S/c1-9(15)6-7-14(2)13(16)12-8-10-4-3-5-11(10)17-12/h8-9,15H,3-7H2,1-2H3. The molecule has 1 aromatic rings. The third-order valence-corrected chi connectivity index (χ3v) is 4.41. The molecule has 0 aliphatic heterocycles. The molecule has 2 rings (SSSR count). The number of rotatable bonds is 4. The van der Waals surface area contributed by atoms with Gasteiger partial charge in [0, 0.05) is 18.5 Å². The van der Waals surface area contributed by atoms with Crippen molar-refractivity contribution in [3.05, 3.63) is 21.4 Å². The van der Waals surface area contributed by atoms with Gasteiger partial charge in [-0.05, 0) is 44.2 Å². The van der Waals surface area contributed by atoms with Crippen molar-refractivity contribution in [1.29, 1.82) is 0 Å². The lowest BCUT2D eigenvalue weighted by Gasteiger charge is -2.17. The summed E-state index contributed by atoms with van der Waals surface area (Å²) in [4.78, 5) is 16.1. The van der Waals surface area contributed by atoms with Crippen molar-refractivity contribution in [3.63, 3.8) is 0 Å². The summed E-state index contributed by atoms with van der Waals surface area (Å²) in [6.45, 7) is 2.36. The van der Waals surface area contributed by atoms with Crippen LogP contribution in [0.4, 0.5) is 0 Å². The first-order chi connectivity index (χ1) is 8.08. The fourth-order valence-corrected chi connectivity index (χ4v) is 3.35. The molecular formula is C13H19NO2S. The molecule has 1 aromatic heterocycles. The highest BCUT2D eigenvalue weighted by atomic mass is 32.1. The fraction of sp³-hybridized carbons (Fsp3) is 0.615. The van der Waals surface area contributed by atoms with Gasteiger partial charge in [-0.15, -0.1) is 11.3 Å². The monoisotopic (exact) mass is 253 g/mol. The van der Waals surface area contributed by atoms with Gasteiger partial charge in [0.25, 0.3) is 5.91 Å². The average molecular weight is 253 g/mol. The van der Waals surface area contributed by atoms with E-state index in [9.17, 15) is 9.90 Å². The maximum atomic E-state index is 12.1. The van der Waals surface area contributed by atoms with E-state index in [1.54, 1.807) is 30.2 Å². The zero-order valence-corrected chi connectivity index (χ0v) is 11.2. The highest BCUT2D eigenvalue weighted by Gasteiger charge is 2.20. The molecule has 0 bridgehead atoms. The van der Waals surface area contributed by atoms with Crippen LogP contribution in [0.5, 0.6) is 0 Å². The number of aliphatic hydroxyl groups is 1. The molecule has 1 N–H and O–H groups in total. The largest absolute Gasteiger partial charge is 0.393 e. The van der Waals surface area contributed by atoms with Crippen LogP contribution in [-0.4, -0.2) is 35.6 Å². The Balaban J connectivity index is 1.98. The van der Waals surface area contributed by atoms with E-state index >= 15 is 0 Å². The van der Waals surface area contributed by atoms with E-state index in [-0.39, 0.29) is 12.0 Å². The Bertz CT molecular complexity index is 390. The number of carbonyl (C=O) groups is 1. The molecule has 1 amide bonds. The number of amides is 1. The molecule has 3 nitrogen and oxygen atoms in total. The molecular weight excluding hydrogens is 234 g/mol. The van der Waals surface area contributed by atoms with E-state index < -0.39 is 0 Å². The summed E-state index contributed by atoms with van der Waals surface area (Å²) in [5.41, 5.74) is 1.36. The van der Waals surface area contributed by atoms with Gasteiger partial charge < -0.3 is 10.0 Å². The first-order valence-corrected chi connectivity index (χ1v) is 6.94. The van der Waals surface area contributed by atoms with Crippen LogP contribution in [0.1, 0.15) is 39.9 Å². The van der Waals surface area contributed by atoms with Crippen molar-refractivity contribution in [3.8, 4) is 0 Å². The molecule has 0 fully saturated rings. The van der Waals surface area contributed by atoms with E-state index in [1.807, 2.05) is 6.07 Å². The lowest BCUT2D eigenvalue weighted by atomic mass is 10.2. The minimum atomic E-state index is -0.349. The van der Waals surface area contributed by atoms with Gasteiger partial charge in [0.2, 0.25) is 0 Å². The molecule has 17 heavy (non-hydrogen) atoms. The normalized spacial score (nSPS) is 15.7. The number of hydrogen-bond acceptors (Lipinski definition) is 3. The van der Waals surface area contributed by atoms with E-state index in [2.05, 4.69) is 0 Å². The van der Waals surface area contributed by atoms with E-state index in [1.165, 1.54) is 16.9 Å². The van der Waals surface area contributed by atoms with Crippen LogP contribution in [-0.2, 0) is 12.8 Å². The Morgan fingerprint density at radius 2 is 2.35 bits per heavy atom. The van der Waals surface area contributed by atoms with Gasteiger partial charge in [0.15, 0.2) is 0 Å². The number of aliphatic hydroxyl groups excluding tert-OH is 1. The molecule has 0 radical (unpaired) electrons. The van der Waals surface area contributed by atoms with Crippen LogP contribution in [0.3, 0.4) is 0 Å². The van der Waals surface area contributed by atoms with Gasteiger partial charge in [-0.3, -0.25) is 4.79 Å². The number of aryl methyl sites for hydroxylation is 2. The summed E-state index contributed by atoms with van der Waals surface area (Å²) in [5.74, 6) is 0.0880. The Labute approximate surface area is 106 Å². The topological polar surface area (TPSA) is 40.5 Å². The molecule has 1 heterocycles. The number of hydrogen-bond donors (Lipinski definition) is 1. The van der Waals surface area contributed by atoms with Gasteiger partial charge in [0.05, 0.1) is 11.0 Å². The molecule has 4 heteroatoms. The highest BCUT2D eigenvalue weighted by molar-refractivity contribution is 7.14. The van der Waals surface area contributed by atoms with Crippen LogP contribution in [0.15, 0.2) is 6.07 Å². The summed E-state index contributed by atoms with van der Waals surface area (Å²) in [7, 11) is 1.80. The zero-order valence-electron chi connectivity index (χ0n) is 10.4. The lowest BCUT2D eigenvalue weighted by Crippen LogP contribution is -2.28. The van der Waals surface area contributed by atoms with Crippen LogP contribution >= 0.6 is 11.3 Å². The van der Waals surface area contributed by atoms with Crippen molar-refractivity contribution >= 4 is 17.2 Å². The van der Waals surface area contributed by atoms with Crippen molar-refractivity contribution < 1.29 is 9.90 Å². The van der Waals surface area contributed by atoms with E-state index in [0.717, 1.165) is 17.7 Å². The summed E-state index contributed by atoms with van der Waals surface area (Å²) in [6.07, 6.45) is 3.76. The lowest BCUT2D eigenvalue weighted by molar-refractivity contribution is 0.0773. The van der Waals surface area contributed by atoms with Gasteiger partial charge in [-0.1, -0.05) is 0 Å². The predicted octanol–water partition coefficient (Wildman–Crippen LogP) is 2.08. The van der Waals surface area contributed by atoms with E-state index in [0.29, 0.717) is 13.0 Å². The molecule has 1 unspecified atom stereocenters. The molecule has 0 spiro atoms. The maximum Gasteiger partial charge on any atom is 0.263 e. The average Bonchev–Trinajstić information content (AvgIpc) is 2.84. The smallest absolute Gasteiger partial charge is 0.263 e. The molecule has 94 valence electrons. The predicted molar refractivity (Wildman–Crippen MR) is 69.6 cm³/mol. The van der Waals surface area contributed by atoms with Crippen LogP contribution in [0, 0.1) is 0 Å². The Morgan fingerprint density at radius 1 is 1.59 bits per heavy atom. The molecule has 0 saturated heterocycles. The number of carbonyl (C=O) groups excluding carboxylic acids is 1. The van der Waals surface area contributed by atoms with Crippen molar-refractivity contribution in [1.82, 2.24) is 4.90 Å². The summed E-state index contributed by atoms with van der Waals surface area (Å²) in [6, 6.07) is 2.05. The van der Waals surface area contributed by atoms with Crippen LogP contribution in [0.25, 0.3) is 0 Å². The van der Waals surface area contributed by atoms with Gasteiger partial charge in [-0.2, -0.15) is 0 Å². The van der Waals surface area contributed by atoms with Crippen LogP contribution in [0.2, 0.25) is 0 Å². The molecule has 1 atom stereocenters. The second-order valence-corrected chi connectivity index (χ2v) is 5.91. The quantitative estimate of drug-likeness (QED) is 0.892. The van der Waals surface area contributed by atoms with Crippen molar-refractivity contribution in [2.45, 2.75) is 38.7 Å². The summed E-state index contributed by atoms with van der Waals surface area (Å²) >= 11 is 1.64. The van der Waals surface area contributed by atoms with E-state index in [4.69, 9.17) is 0 Å². The Hall–Kier alpha value is -0.870. The zero-order chi connectivity index (χ0) is 12.4. The van der Waals surface area contributed by atoms with Crippen molar-refractivity contribution in [2.75, 3.05) is 13.6 Å². The third-order valence-electron chi connectivity index (χ3n) is 3.19. The Morgan fingerprint density at radius 3 is 3.00 bits per heavy atom.